The van der Waals surface area contributed by atoms with Gasteiger partial charge in [-0.15, -0.1) is 0 Å². The topological polar surface area (TPSA) is 93.2 Å². The van der Waals surface area contributed by atoms with Crippen LogP contribution in [0.2, 0.25) is 0 Å². The van der Waals surface area contributed by atoms with Crippen LogP contribution in [0.3, 0.4) is 0 Å². The van der Waals surface area contributed by atoms with Crippen molar-refractivity contribution in [2.24, 2.45) is 0 Å². The summed E-state index contributed by atoms with van der Waals surface area (Å²) >= 11 is 0. The van der Waals surface area contributed by atoms with Gasteiger partial charge in [-0.1, -0.05) is 0 Å². The molecule has 0 aliphatic carbocycles. The quantitative estimate of drug-likeness (QED) is 0.636. The van der Waals surface area contributed by atoms with Gasteiger partial charge in [-0.3, -0.25) is 0 Å². The van der Waals surface area contributed by atoms with Gasteiger partial charge in [-0.05, 0) is 31.5 Å². The fourth-order valence-corrected chi connectivity index (χ4v) is 2.58. The average molecular weight is 389 g/mol. The molecule has 0 atom stereocenters. The summed E-state index contributed by atoms with van der Waals surface area (Å²) in [6.07, 6.45) is 0. The number of hydrogen-bond donors (Lipinski definition) is 0. The number of carbonyl (C=O) groups excluding carboxylic acids is 2. The molecule has 8 nitrogen and oxygen atoms in total. The normalized spacial score (nSPS) is 10.2. The third-order valence-electron chi connectivity index (χ3n) is 3.80. The lowest BCUT2D eigenvalue weighted by Crippen LogP contribution is -2.13. The van der Waals surface area contributed by atoms with Crippen LogP contribution >= 0.6 is 0 Å². The zero-order valence-corrected chi connectivity index (χ0v) is 16.5. The maximum atomic E-state index is 12.3. The van der Waals surface area contributed by atoms with E-state index >= 15 is 0 Å². The van der Waals surface area contributed by atoms with Crippen LogP contribution in [0.4, 0.5) is 0 Å². The highest BCUT2D eigenvalue weighted by Crippen LogP contribution is 2.42. The van der Waals surface area contributed by atoms with Gasteiger partial charge in [0.2, 0.25) is 0 Å². The standard InChI is InChI=1S/C20H23NO7/c1-6-27-19(22)14-8-12(9-15(21-14)20(23)28-7-2)18-16(25-4)10-13(24-3)11-17(18)26-5/h8-11H,6-7H2,1-5H3. The second-order valence-electron chi connectivity index (χ2n) is 5.47. The molecule has 0 unspecified atom stereocenters. The summed E-state index contributed by atoms with van der Waals surface area (Å²) in [6, 6.07) is 6.36. The molecule has 0 amide bonds. The Kier molecular flexibility index (Phi) is 7.20. The molecule has 1 aromatic carbocycles. The average Bonchev–Trinajstić information content (AvgIpc) is 2.72. The van der Waals surface area contributed by atoms with E-state index in [1.807, 2.05) is 0 Å². The number of hydrogen-bond acceptors (Lipinski definition) is 8. The number of esters is 2. The van der Waals surface area contributed by atoms with Crippen molar-refractivity contribution >= 4 is 11.9 Å². The maximum Gasteiger partial charge on any atom is 0.356 e. The summed E-state index contributed by atoms with van der Waals surface area (Å²) in [4.78, 5) is 28.6. The number of methoxy groups -OCH3 is 3. The van der Waals surface area contributed by atoms with Crippen molar-refractivity contribution in [3.63, 3.8) is 0 Å². The molecule has 150 valence electrons. The van der Waals surface area contributed by atoms with E-state index in [0.717, 1.165) is 0 Å². The fraction of sp³-hybridized carbons (Fsp3) is 0.350. The first-order valence-corrected chi connectivity index (χ1v) is 8.65. The van der Waals surface area contributed by atoms with Crippen molar-refractivity contribution in [2.45, 2.75) is 13.8 Å². The molecular formula is C20H23NO7. The highest BCUT2D eigenvalue weighted by molar-refractivity contribution is 5.95. The lowest BCUT2D eigenvalue weighted by atomic mass is 10.0. The zero-order chi connectivity index (χ0) is 20.7. The summed E-state index contributed by atoms with van der Waals surface area (Å²) in [5.41, 5.74) is 0.964. The molecule has 0 bridgehead atoms. The Hall–Kier alpha value is -3.29. The van der Waals surface area contributed by atoms with Crippen LogP contribution < -0.4 is 14.2 Å². The number of carbonyl (C=O) groups is 2. The molecule has 2 aromatic rings. The van der Waals surface area contributed by atoms with E-state index in [1.165, 1.54) is 33.5 Å². The van der Waals surface area contributed by atoms with Gasteiger partial charge < -0.3 is 23.7 Å². The molecular weight excluding hydrogens is 366 g/mol. The minimum Gasteiger partial charge on any atom is -0.496 e. The number of aromatic nitrogens is 1. The monoisotopic (exact) mass is 389 g/mol. The van der Waals surface area contributed by atoms with Gasteiger partial charge >= 0.3 is 11.9 Å². The molecule has 0 aliphatic heterocycles. The van der Waals surface area contributed by atoms with Crippen molar-refractivity contribution in [3.8, 4) is 28.4 Å². The summed E-state index contributed by atoms with van der Waals surface area (Å²) in [6.45, 7) is 3.72. The molecule has 0 saturated heterocycles. The molecule has 2 rings (SSSR count). The van der Waals surface area contributed by atoms with Crippen molar-refractivity contribution in [2.75, 3.05) is 34.5 Å². The summed E-state index contributed by atoms with van der Waals surface area (Å²) < 4.78 is 26.2. The lowest BCUT2D eigenvalue weighted by Gasteiger charge is -2.16. The van der Waals surface area contributed by atoms with Gasteiger partial charge in [0.15, 0.2) is 0 Å². The minimum atomic E-state index is -0.652. The first-order valence-electron chi connectivity index (χ1n) is 8.65. The molecule has 0 aliphatic rings. The fourth-order valence-electron chi connectivity index (χ4n) is 2.58. The van der Waals surface area contributed by atoms with Crippen LogP contribution in [0.5, 0.6) is 17.2 Å². The SMILES string of the molecule is CCOC(=O)c1cc(-c2c(OC)cc(OC)cc2OC)cc(C(=O)OCC)n1. The molecule has 0 radical (unpaired) electrons. The summed E-state index contributed by atoms with van der Waals surface area (Å²) in [5, 5.41) is 0. The Morgan fingerprint density at radius 3 is 1.61 bits per heavy atom. The summed E-state index contributed by atoms with van der Waals surface area (Å²) in [5.74, 6) is 0.101. The Bertz CT molecular complexity index is 802. The largest absolute Gasteiger partial charge is 0.496 e. The lowest BCUT2D eigenvalue weighted by molar-refractivity contribution is 0.0511. The molecule has 28 heavy (non-hydrogen) atoms. The van der Waals surface area contributed by atoms with Crippen LogP contribution in [0.25, 0.3) is 11.1 Å². The zero-order valence-electron chi connectivity index (χ0n) is 16.5. The van der Waals surface area contributed by atoms with Crippen LogP contribution in [0, 0.1) is 0 Å². The number of pyridine rings is 1. The van der Waals surface area contributed by atoms with E-state index in [2.05, 4.69) is 4.98 Å². The van der Waals surface area contributed by atoms with E-state index in [0.29, 0.717) is 28.4 Å². The molecule has 0 saturated carbocycles. The third kappa shape index (κ3) is 4.51. The first kappa shape index (κ1) is 21.0. The van der Waals surface area contributed by atoms with Crippen LogP contribution in [-0.4, -0.2) is 51.5 Å². The van der Waals surface area contributed by atoms with Gasteiger partial charge in [-0.2, -0.15) is 0 Å². The van der Waals surface area contributed by atoms with E-state index in [-0.39, 0.29) is 24.6 Å². The summed E-state index contributed by atoms with van der Waals surface area (Å²) in [7, 11) is 4.52. The van der Waals surface area contributed by atoms with E-state index in [4.69, 9.17) is 23.7 Å². The van der Waals surface area contributed by atoms with E-state index < -0.39 is 11.9 Å². The van der Waals surface area contributed by atoms with Crippen molar-refractivity contribution in [3.05, 3.63) is 35.7 Å². The Labute approximate surface area is 163 Å². The molecule has 0 spiro atoms. The second-order valence-corrected chi connectivity index (χ2v) is 5.47. The Morgan fingerprint density at radius 2 is 1.25 bits per heavy atom. The smallest absolute Gasteiger partial charge is 0.356 e. The van der Waals surface area contributed by atoms with Crippen LogP contribution in [0.15, 0.2) is 24.3 Å². The molecule has 1 aromatic heterocycles. The van der Waals surface area contributed by atoms with Crippen LogP contribution in [0.1, 0.15) is 34.8 Å². The van der Waals surface area contributed by atoms with Gasteiger partial charge in [-0.25, -0.2) is 14.6 Å². The van der Waals surface area contributed by atoms with Gasteiger partial charge in [0.25, 0.3) is 0 Å². The molecule has 0 fully saturated rings. The molecule has 8 heteroatoms. The highest BCUT2D eigenvalue weighted by atomic mass is 16.5. The number of ether oxygens (including phenoxy) is 5. The van der Waals surface area contributed by atoms with Crippen LogP contribution in [-0.2, 0) is 9.47 Å². The van der Waals surface area contributed by atoms with Gasteiger partial charge in [0.1, 0.15) is 28.6 Å². The predicted octanol–water partition coefficient (Wildman–Crippen LogP) is 3.13. The minimum absolute atomic E-state index is 0.0256. The Morgan fingerprint density at radius 1 is 0.786 bits per heavy atom. The third-order valence-corrected chi connectivity index (χ3v) is 3.80. The second kappa shape index (κ2) is 9.59. The first-order chi connectivity index (χ1) is 13.5. The van der Waals surface area contributed by atoms with Gasteiger partial charge in [0, 0.05) is 12.1 Å². The van der Waals surface area contributed by atoms with E-state index in [9.17, 15) is 9.59 Å². The molecule has 0 N–H and O–H groups in total. The number of nitrogens with zero attached hydrogens (tertiary/aromatic N) is 1. The van der Waals surface area contributed by atoms with Crippen molar-refractivity contribution in [1.29, 1.82) is 0 Å². The Balaban J connectivity index is 2.73. The highest BCUT2D eigenvalue weighted by Gasteiger charge is 2.22. The number of rotatable bonds is 8. The van der Waals surface area contributed by atoms with E-state index in [1.54, 1.807) is 26.0 Å². The maximum absolute atomic E-state index is 12.3. The predicted molar refractivity (Wildman–Crippen MR) is 101 cm³/mol. The van der Waals surface area contributed by atoms with Crippen molar-refractivity contribution < 1.29 is 33.3 Å². The van der Waals surface area contributed by atoms with Crippen molar-refractivity contribution in [1.82, 2.24) is 4.98 Å². The molecule has 1 heterocycles. The number of benzene rings is 1. The van der Waals surface area contributed by atoms with Gasteiger partial charge in [0.05, 0.1) is 40.1 Å².